The van der Waals surface area contributed by atoms with Crippen molar-refractivity contribution < 1.29 is 0 Å². The first-order chi connectivity index (χ1) is 31.8. The lowest BCUT2D eigenvalue weighted by molar-refractivity contribution is 0.444. The molecule has 0 N–H and O–H groups in total. The monoisotopic (exact) mass is 818 g/mol. The largest absolute Gasteiger partial charge is 0.309 e. The number of nitrogens with zero attached hydrogens (tertiary/aromatic N) is 2. The van der Waals surface area contributed by atoms with Crippen LogP contribution in [0.25, 0.3) is 110 Å². The molecular formula is C62H46N2. The van der Waals surface area contributed by atoms with Gasteiger partial charge in [-0.2, -0.15) is 0 Å². The van der Waals surface area contributed by atoms with Crippen molar-refractivity contribution in [3.8, 4) is 44.8 Å². The second kappa shape index (κ2) is 15.0. The van der Waals surface area contributed by atoms with E-state index in [-0.39, 0.29) is 0 Å². The standard InChI is InChI=1S/C62H46N2/c1-4-19-41(20-5-1)42-21-14-22-43(39-42)60-50-31-15-29-46(48-33-17-37-58-61(48)52-27-10-12-35-56(52)63(58)44-23-6-2-7-24-44)54(50)40-55-47(30-16-32-51(55)60)49-34-18-38-59-62(49)53-28-11-13-36-57(53)64(59)45-25-8-3-9-26-45/h2-3,6-18,21-41H,1,4-5,19-20H2. The molecule has 0 spiro atoms. The van der Waals surface area contributed by atoms with Crippen molar-refractivity contribution >= 4 is 65.2 Å². The van der Waals surface area contributed by atoms with Gasteiger partial charge in [-0.1, -0.05) is 177 Å². The molecular weight excluding hydrogens is 773 g/mol. The fourth-order valence-corrected chi connectivity index (χ4v) is 11.5. The Bertz CT molecular complexity index is 3540. The molecule has 0 radical (unpaired) electrons. The summed E-state index contributed by atoms with van der Waals surface area (Å²) in [6, 6.07) is 79.4. The summed E-state index contributed by atoms with van der Waals surface area (Å²) < 4.78 is 4.86. The van der Waals surface area contributed by atoms with Crippen LogP contribution in [0, 0.1) is 0 Å². The Balaban J connectivity index is 1.14. The van der Waals surface area contributed by atoms with E-state index in [9.17, 15) is 0 Å². The summed E-state index contributed by atoms with van der Waals surface area (Å²) in [7, 11) is 0. The van der Waals surface area contributed by atoms with E-state index in [1.54, 1.807) is 0 Å². The number of aromatic nitrogens is 2. The maximum atomic E-state index is 2.53. The number of hydrogen-bond acceptors (Lipinski definition) is 0. The van der Waals surface area contributed by atoms with Crippen LogP contribution in [0.1, 0.15) is 43.6 Å². The van der Waals surface area contributed by atoms with Crippen LogP contribution in [0.3, 0.4) is 0 Å². The van der Waals surface area contributed by atoms with Gasteiger partial charge in [0.25, 0.3) is 0 Å². The SMILES string of the molecule is c1ccc(-n2c3ccccc3c3c(-c4cccc5c(-c6cccc(C7CCCCC7)c6)c6cccc(-c7cccc8c7c7ccccc7n8-c7ccccc7)c6cc45)cccc32)cc1. The van der Waals surface area contributed by atoms with Gasteiger partial charge in [0, 0.05) is 32.9 Å². The van der Waals surface area contributed by atoms with Crippen LogP contribution >= 0.6 is 0 Å². The second-order valence-electron chi connectivity index (χ2n) is 17.8. The van der Waals surface area contributed by atoms with E-state index in [0.29, 0.717) is 5.92 Å². The molecule has 64 heavy (non-hydrogen) atoms. The fraction of sp³-hybridized carbons (Fsp3) is 0.0968. The summed E-state index contributed by atoms with van der Waals surface area (Å²) in [4.78, 5) is 0. The number of rotatable bonds is 6. The minimum Gasteiger partial charge on any atom is -0.309 e. The van der Waals surface area contributed by atoms with Crippen molar-refractivity contribution in [3.05, 3.63) is 218 Å². The average Bonchev–Trinajstić information content (AvgIpc) is 3.90. The zero-order chi connectivity index (χ0) is 42.1. The number of para-hydroxylation sites is 4. The zero-order valence-electron chi connectivity index (χ0n) is 35.7. The van der Waals surface area contributed by atoms with E-state index >= 15 is 0 Å². The predicted octanol–water partition coefficient (Wildman–Crippen LogP) is 17.2. The van der Waals surface area contributed by atoms with Crippen molar-refractivity contribution in [2.45, 2.75) is 38.0 Å². The van der Waals surface area contributed by atoms with Gasteiger partial charge in [0.1, 0.15) is 0 Å². The van der Waals surface area contributed by atoms with Crippen LogP contribution in [0.5, 0.6) is 0 Å². The lowest BCUT2D eigenvalue weighted by Gasteiger charge is -2.23. The van der Waals surface area contributed by atoms with E-state index in [4.69, 9.17) is 0 Å². The minimum absolute atomic E-state index is 0.611. The molecule has 1 fully saturated rings. The van der Waals surface area contributed by atoms with Gasteiger partial charge in [-0.05, 0) is 134 Å². The van der Waals surface area contributed by atoms with Crippen LogP contribution in [0.2, 0.25) is 0 Å². The molecule has 2 heterocycles. The minimum atomic E-state index is 0.611. The maximum absolute atomic E-state index is 2.53. The highest BCUT2D eigenvalue weighted by atomic mass is 15.0. The van der Waals surface area contributed by atoms with Gasteiger partial charge in [0.15, 0.2) is 0 Å². The first kappa shape index (κ1) is 36.9. The Morgan fingerprint density at radius 3 is 1.30 bits per heavy atom. The van der Waals surface area contributed by atoms with Crippen molar-refractivity contribution in [2.24, 2.45) is 0 Å². The van der Waals surface area contributed by atoms with Crippen LogP contribution < -0.4 is 0 Å². The lowest BCUT2D eigenvalue weighted by Crippen LogP contribution is -2.04. The highest BCUT2D eigenvalue weighted by molar-refractivity contribution is 6.24. The smallest absolute Gasteiger partial charge is 0.0547 e. The third kappa shape index (κ3) is 5.72. The Hall–Kier alpha value is -7.68. The average molecular weight is 819 g/mol. The first-order valence-corrected chi connectivity index (χ1v) is 23.0. The molecule has 12 aromatic rings. The molecule has 1 aliphatic rings. The van der Waals surface area contributed by atoms with Gasteiger partial charge in [-0.25, -0.2) is 0 Å². The van der Waals surface area contributed by atoms with E-state index in [0.717, 1.165) is 0 Å². The molecule has 0 amide bonds. The van der Waals surface area contributed by atoms with Crippen molar-refractivity contribution in [2.75, 3.05) is 0 Å². The number of hydrogen-bond donors (Lipinski definition) is 0. The van der Waals surface area contributed by atoms with Crippen LogP contribution in [-0.2, 0) is 0 Å². The van der Waals surface area contributed by atoms with E-state index in [2.05, 4.69) is 221 Å². The second-order valence-corrected chi connectivity index (χ2v) is 17.8. The number of benzene rings is 10. The van der Waals surface area contributed by atoms with E-state index in [1.807, 2.05) is 0 Å². The molecule has 2 nitrogen and oxygen atoms in total. The summed E-state index contributed by atoms with van der Waals surface area (Å²) in [6.07, 6.45) is 6.53. The summed E-state index contributed by atoms with van der Waals surface area (Å²) in [5.74, 6) is 0.611. The molecule has 0 saturated heterocycles. The third-order valence-electron chi connectivity index (χ3n) is 14.3. The van der Waals surface area contributed by atoms with Gasteiger partial charge in [0.2, 0.25) is 0 Å². The molecule has 0 bridgehead atoms. The fourth-order valence-electron chi connectivity index (χ4n) is 11.5. The third-order valence-corrected chi connectivity index (χ3v) is 14.3. The van der Waals surface area contributed by atoms with E-state index < -0.39 is 0 Å². The quantitative estimate of drug-likeness (QED) is 0.148. The highest BCUT2D eigenvalue weighted by Gasteiger charge is 2.23. The Morgan fingerprint density at radius 1 is 0.312 bits per heavy atom. The molecule has 0 aliphatic heterocycles. The van der Waals surface area contributed by atoms with Gasteiger partial charge in [-0.15, -0.1) is 0 Å². The van der Waals surface area contributed by atoms with Crippen molar-refractivity contribution in [1.82, 2.24) is 9.13 Å². The van der Waals surface area contributed by atoms with Gasteiger partial charge in [-0.3, -0.25) is 0 Å². The summed E-state index contributed by atoms with van der Waals surface area (Å²) in [5.41, 5.74) is 16.3. The van der Waals surface area contributed by atoms with Crippen LogP contribution in [0.15, 0.2) is 212 Å². The summed E-state index contributed by atoms with van der Waals surface area (Å²) >= 11 is 0. The van der Waals surface area contributed by atoms with Crippen LogP contribution in [-0.4, -0.2) is 9.13 Å². The molecule has 2 aromatic heterocycles. The Morgan fingerprint density at radius 2 is 0.750 bits per heavy atom. The molecule has 304 valence electrons. The topological polar surface area (TPSA) is 9.86 Å². The van der Waals surface area contributed by atoms with Gasteiger partial charge < -0.3 is 9.13 Å². The lowest BCUT2D eigenvalue weighted by atomic mass is 9.81. The van der Waals surface area contributed by atoms with E-state index in [1.165, 1.54) is 148 Å². The van der Waals surface area contributed by atoms with Gasteiger partial charge in [0.05, 0.1) is 22.1 Å². The van der Waals surface area contributed by atoms with Gasteiger partial charge >= 0.3 is 0 Å². The van der Waals surface area contributed by atoms with Crippen LogP contribution in [0.4, 0.5) is 0 Å². The van der Waals surface area contributed by atoms with Crippen molar-refractivity contribution in [1.29, 1.82) is 0 Å². The normalized spacial score (nSPS) is 13.6. The molecule has 10 aromatic carbocycles. The molecule has 2 heteroatoms. The molecule has 1 aliphatic carbocycles. The predicted molar refractivity (Wildman–Crippen MR) is 272 cm³/mol. The molecule has 0 atom stereocenters. The Kier molecular flexibility index (Phi) is 8.65. The number of fused-ring (bicyclic) bond motifs is 8. The Labute approximate surface area is 373 Å². The zero-order valence-corrected chi connectivity index (χ0v) is 35.7. The summed E-state index contributed by atoms with van der Waals surface area (Å²) in [5, 5.41) is 10.2. The maximum Gasteiger partial charge on any atom is 0.0547 e. The molecule has 0 unspecified atom stereocenters. The molecule has 1 saturated carbocycles. The first-order valence-electron chi connectivity index (χ1n) is 23.0. The highest BCUT2D eigenvalue weighted by Crippen LogP contribution is 2.48. The van der Waals surface area contributed by atoms with Crippen molar-refractivity contribution in [3.63, 3.8) is 0 Å². The summed E-state index contributed by atoms with van der Waals surface area (Å²) in [6.45, 7) is 0. The molecule has 13 rings (SSSR count).